The molecule has 0 aliphatic heterocycles. The Kier molecular flexibility index (Phi) is 5.98. The molecule has 0 bridgehead atoms. The summed E-state index contributed by atoms with van der Waals surface area (Å²) in [4.78, 5) is 3.95. The van der Waals surface area contributed by atoms with E-state index in [9.17, 15) is 0 Å². The monoisotopic (exact) mass is 634 g/mol. The van der Waals surface area contributed by atoms with Gasteiger partial charge in [0.15, 0.2) is 0 Å². The number of furan rings is 1. The van der Waals surface area contributed by atoms with E-state index in [4.69, 9.17) is 4.42 Å². The third-order valence-electron chi connectivity index (χ3n) is 9.42. The highest BCUT2D eigenvalue weighted by atomic mass is 32.1. The fourth-order valence-electron chi connectivity index (χ4n) is 7.09. The first-order chi connectivity index (χ1) is 23.3. The van der Waals surface area contributed by atoms with Crippen LogP contribution in [0.1, 0.15) is 0 Å². The lowest BCUT2D eigenvalue weighted by molar-refractivity contribution is 0.669. The Balaban J connectivity index is 1.06. The van der Waals surface area contributed by atoms with Crippen molar-refractivity contribution in [3.63, 3.8) is 0 Å². The first kappa shape index (κ1) is 26.7. The summed E-state index contributed by atoms with van der Waals surface area (Å²) >= 11 is 3.65. The number of benzene rings is 7. The van der Waals surface area contributed by atoms with Gasteiger partial charge in [0, 0.05) is 25.4 Å². The molecule has 0 radical (unpaired) electrons. The molecule has 3 heterocycles. The van der Waals surface area contributed by atoms with Crippen molar-refractivity contribution in [3.8, 4) is 42.4 Å². The summed E-state index contributed by atoms with van der Waals surface area (Å²) in [5.41, 5.74) is 7.97. The van der Waals surface area contributed by atoms with Crippen molar-refractivity contribution < 1.29 is 4.42 Å². The van der Waals surface area contributed by atoms with Crippen LogP contribution in [0.2, 0.25) is 0 Å². The van der Waals surface area contributed by atoms with E-state index in [0.717, 1.165) is 21.9 Å². The van der Waals surface area contributed by atoms with Crippen molar-refractivity contribution in [2.24, 2.45) is 0 Å². The number of fused-ring (bicyclic) bond motifs is 9. The molecule has 0 N–H and O–H groups in total. The molecule has 3 heteroatoms. The van der Waals surface area contributed by atoms with E-state index < -0.39 is 0 Å². The summed E-state index contributed by atoms with van der Waals surface area (Å²) in [5.74, 6) is 0. The molecule has 0 atom stereocenters. The lowest BCUT2D eigenvalue weighted by atomic mass is 9.90. The predicted molar refractivity (Wildman–Crippen MR) is 204 cm³/mol. The highest BCUT2D eigenvalue weighted by Crippen LogP contribution is 2.41. The van der Waals surface area contributed by atoms with Gasteiger partial charge < -0.3 is 4.42 Å². The van der Waals surface area contributed by atoms with Crippen LogP contribution in [-0.4, -0.2) is 0 Å². The van der Waals surface area contributed by atoms with Crippen LogP contribution in [0.5, 0.6) is 0 Å². The largest absolute Gasteiger partial charge is 0.456 e. The van der Waals surface area contributed by atoms with Gasteiger partial charge in [-0.1, -0.05) is 103 Å². The molecule has 0 amide bonds. The summed E-state index contributed by atoms with van der Waals surface area (Å²) in [6.07, 6.45) is 0. The molecule has 47 heavy (non-hydrogen) atoms. The van der Waals surface area contributed by atoms with Gasteiger partial charge in [-0.25, -0.2) is 0 Å². The maximum Gasteiger partial charge on any atom is 0.135 e. The van der Waals surface area contributed by atoms with Crippen molar-refractivity contribution in [3.05, 3.63) is 157 Å². The zero-order valence-corrected chi connectivity index (χ0v) is 26.9. The average Bonchev–Trinajstić information content (AvgIpc) is 3.92. The number of hydrogen-bond donors (Lipinski definition) is 0. The van der Waals surface area contributed by atoms with E-state index in [1.54, 1.807) is 11.3 Å². The molecule has 3 aromatic heterocycles. The summed E-state index contributed by atoms with van der Waals surface area (Å²) in [6.45, 7) is 0. The molecule has 0 saturated carbocycles. The highest BCUT2D eigenvalue weighted by Gasteiger charge is 2.13. The van der Waals surface area contributed by atoms with Crippen molar-refractivity contribution in [2.75, 3.05) is 0 Å². The molecule has 7 aromatic carbocycles. The third-order valence-corrected chi connectivity index (χ3v) is 11.6. The van der Waals surface area contributed by atoms with E-state index in [1.807, 2.05) is 23.5 Å². The molecule has 10 rings (SSSR count). The molecule has 0 spiro atoms. The van der Waals surface area contributed by atoms with Gasteiger partial charge in [0.05, 0.1) is 0 Å². The van der Waals surface area contributed by atoms with E-state index in [0.29, 0.717) is 0 Å². The molecular formula is C44H26OS2. The van der Waals surface area contributed by atoms with Crippen molar-refractivity contribution in [1.29, 1.82) is 0 Å². The topological polar surface area (TPSA) is 13.1 Å². The number of hydrogen-bond acceptors (Lipinski definition) is 3. The second kappa shape index (κ2) is 10.5. The van der Waals surface area contributed by atoms with E-state index in [-0.39, 0.29) is 0 Å². The van der Waals surface area contributed by atoms with Crippen LogP contribution in [0.25, 0.3) is 96.7 Å². The molecule has 10 aromatic rings. The molecule has 1 nitrogen and oxygen atoms in total. The van der Waals surface area contributed by atoms with Crippen LogP contribution < -0.4 is 0 Å². The lowest BCUT2D eigenvalue weighted by Gasteiger charge is -2.14. The van der Waals surface area contributed by atoms with Crippen LogP contribution in [0.3, 0.4) is 0 Å². The fourth-order valence-corrected chi connectivity index (χ4v) is 8.94. The van der Waals surface area contributed by atoms with Crippen LogP contribution >= 0.6 is 22.7 Å². The van der Waals surface area contributed by atoms with Crippen LogP contribution in [-0.2, 0) is 0 Å². The number of thiophene rings is 2. The summed E-state index contributed by atoms with van der Waals surface area (Å²) < 4.78 is 6.10. The van der Waals surface area contributed by atoms with Crippen molar-refractivity contribution in [2.45, 2.75) is 0 Å². The van der Waals surface area contributed by atoms with Crippen LogP contribution in [0.15, 0.2) is 161 Å². The van der Waals surface area contributed by atoms with Crippen molar-refractivity contribution in [1.82, 2.24) is 0 Å². The Morgan fingerprint density at radius 2 is 0.851 bits per heavy atom. The highest BCUT2D eigenvalue weighted by molar-refractivity contribution is 7.23. The second-order valence-electron chi connectivity index (χ2n) is 12.1. The summed E-state index contributed by atoms with van der Waals surface area (Å²) in [7, 11) is 0. The Bertz CT molecular complexity index is 2760. The Labute approximate surface area is 279 Å². The Morgan fingerprint density at radius 3 is 1.55 bits per heavy atom. The minimum atomic E-state index is 0.924. The second-order valence-corrected chi connectivity index (χ2v) is 14.1. The summed E-state index contributed by atoms with van der Waals surface area (Å²) in [5, 5.41) is 12.1. The third kappa shape index (κ3) is 4.35. The normalized spacial score (nSPS) is 11.8. The predicted octanol–water partition coefficient (Wildman–Crippen LogP) is 13.8. The standard InChI is InChI=1S/C44H26OS2/c1-2-7-33-32(6-1)37-24-29(27-11-13-28(14-12-27)42-21-22-44(47-42)43-10-5-23-46-43)15-18-34(37)35-19-16-30(25-38(33)35)31-17-20-41-39(26-31)36-8-3-4-9-40(36)45-41/h1-26H. The van der Waals surface area contributed by atoms with Crippen LogP contribution in [0.4, 0.5) is 0 Å². The van der Waals surface area contributed by atoms with Gasteiger partial charge in [-0.05, 0) is 114 Å². The Morgan fingerprint density at radius 1 is 0.319 bits per heavy atom. The van der Waals surface area contributed by atoms with Gasteiger partial charge in [-0.2, -0.15) is 0 Å². The molecule has 0 fully saturated rings. The van der Waals surface area contributed by atoms with Gasteiger partial charge in [0.1, 0.15) is 11.2 Å². The SMILES string of the molecule is c1csc(-c2ccc(-c3ccc(-c4ccc5c6ccc(-c7ccc8oc9ccccc9c8c7)cc6c6ccccc6c5c4)cc3)s2)c1. The number of rotatable bonds is 4. The lowest BCUT2D eigenvalue weighted by Crippen LogP contribution is -1.86. The first-order valence-electron chi connectivity index (χ1n) is 15.8. The zero-order chi connectivity index (χ0) is 30.9. The quantitative estimate of drug-likeness (QED) is 0.176. The summed E-state index contributed by atoms with van der Waals surface area (Å²) in [6, 6.07) is 55.4. The zero-order valence-electron chi connectivity index (χ0n) is 25.2. The molecule has 0 saturated heterocycles. The molecule has 0 aliphatic rings. The first-order valence-corrected chi connectivity index (χ1v) is 17.5. The molecule has 0 aliphatic carbocycles. The minimum Gasteiger partial charge on any atom is -0.456 e. The van der Waals surface area contributed by atoms with Gasteiger partial charge in [-0.3, -0.25) is 0 Å². The maximum atomic E-state index is 6.10. The van der Waals surface area contributed by atoms with E-state index in [2.05, 4.69) is 145 Å². The molecule has 220 valence electrons. The van der Waals surface area contributed by atoms with Gasteiger partial charge in [0.25, 0.3) is 0 Å². The van der Waals surface area contributed by atoms with Gasteiger partial charge in [-0.15, -0.1) is 22.7 Å². The number of para-hydroxylation sites is 1. The van der Waals surface area contributed by atoms with Gasteiger partial charge in [0.2, 0.25) is 0 Å². The van der Waals surface area contributed by atoms with Crippen LogP contribution in [0, 0.1) is 0 Å². The molecular weight excluding hydrogens is 609 g/mol. The fraction of sp³-hybridized carbons (Fsp3) is 0. The van der Waals surface area contributed by atoms with Crippen molar-refractivity contribution >= 4 is 76.9 Å². The maximum absolute atomic E-state index is 6.10. The van der Waals surface area contributed by atoms with Gasteiger partial charge >= 0.3 is 0 Å². The molecule has 0 unspecified atom stereocenters. The smallest absolute Gasteiger partial charge is 0.135 e. The Hall–Kier alpha value is -5.48. The average molecular weight is 635 g/mol. The van der Waals surface area contributed by atoms with E-state index in [1.165, 1.54) is 74.8 Å². The van der Waals surface area contributed by atoms with E-state index >= 15 is 0 Å². The minimum absolute atomic E-state index is 0.924.